The van der Waals surface area contributed by atoms with E-state index in [1.165, 1.54) is 0 Å². The number of carbonyl (C=O) groups excluding carboxylic acids is 1. The van der Waals surface area contributed by atoms with Crippen molar-refractivity contribution in [1.29, 1.82) is 0 Å². The minimum absolute atomic E-state index is 0.146. The fourth-order valence-corrected chi connectivity index (χ4v) is 1.95. The first-order valence-electron chi connectivity index (χ1n) is 5.80. The maximum absolute atomic E-state index is 11.3. The summed E-state index contributed by atoms with van der Waals surface area (Å²) in [5, 5.41) is 16.7. The number of aliphatic carboxylic acids is 1. The van der Waals surface area contributed by atoms with Crippen LogP contribution in [-0.2, 0) is 11.2 Å². The van der Waals surface area contributed by atoms with Crippen LogP contribution in [0, 0.1) is 0 Å². The quantitative estimate of drug-likeness (QED) is 0.620. The third kappa shape index (κ3) is 6.85. The van der Waals surface area contributed by atoms with Gasteiger partial charge in [0.1, 0.15) is 0 Å². The molecule has 1 heterocycles. The molecular formula is C11H17N3O3S. The van der Waals surface area contributed by atoms with Crippen molar-refractivity contribution in [3.63, 3.8) is 0 Å². The molecule has 0 spiro atoms. The SMILES string of the molecule is O=C(O)CCCCNC(=O)NCCc1nccs1. The molecule has 18 heavy (non-hydrogen) atoms. The van der Waals surface area contributed by atoms with Crippen LogP contribution in [0.1, 0.15) is 24.3 Å². The highest BCUT2D eigenvalue weighted by atomic mass is 32.1. The second-order valence-electron chi connectivity index (χ2n) is 3.71. The highest BCUT2D eigenvalue weighted by Crippen LogP contribution is 2.03. The van der Waals surface area contributed by atoms with E-state index in [1.807, 2.05) is 5.38 Å². The van der Waals surface area contributed by atoms with Crippen LogP contribution in [0.15, 0.2) is 11.6 Å². The number of rotatable bonds is 8. The summed E-state index contributed by atoms with van der Waals surface area (Å²) < 4.78 is 0. The largest absolute Gasteiger partial charge is 0.481 e. The zero-order valence-electron chi connectivity index (χ0n) is 10.0. The van der Waals surface area contributed by atoms with Crippen molar-refractivity contribution >= 4 is 23.3 Å². The standard InChI is InChI=1S/C11H17N3O3S/c15-10(16)3-1-2-5-13-11(17)14-6-4-9-12-7-8-18-9/h7-8H,1-6H2,(H,15,16)(H2,13,14,17). The van der Waals surface area contributed by atoms with Crippen molar-refractivity contribution in [2.24, 2.45) is 0 Å². The lowest BCUT2D eigenvalue weighted by Gasteiger charge is -2.06. The van der Waals surface area contributed by atoms with Crippen LogP contribution in [-0.4, -0.2) is 35.2 Å². The minimum Gasteiger partial charge on any atom is -0.481 e. The van der Waals surface area contributed by atoms with Crippen LogP contribution >= 0.6 is 11.3 Å². The zero-order valence-corrected chi connectivity index (χ0v) is 10.8. The highest BCUT2D eigenvalue weighted by molar-refractivity contribution is 7.09. The number of hydrogen-bond acceptors (Lipinski definition) is 4. The molecule has 0 unspecified atom stereocenters. The first-order valence-corrected chi connectivity index (χ1v) is 6.68. The predicted octanol–water partition coefficient (Wildman–Crippen LogP) is 1.24. The van der Waals surface area contributed by atoms with Gasteiger partial charge in [-0.05, 0) is 12.8 Å². The van der Waals surface area contributed by atoms with E-state index in [9.17, 15) is 9.59 Å². The number of urea groups is 1. The van der Waals surface area contributed by atoms with E-state index in [-0.39, 0.29) is 12.5 Å². The summed E-state index contributed by atoms with van der Waals surface area (Å²) in [6, 6.07) is -0.220. The minimum atomic E-state index is -0.803. The van der Waals surface area contributed by atoms with E-state index in [0.29, 0.717) is 25.9 Å². The molecule has 1 aromatic rings. The number of thiazole rings is 1. The van der Waals surface area contributed by atoms with E-state index >= 15 is 0 Å². The lowest BCUT2D eigenvalue weighted by Crippen LogP contribution is -2.37. The molecule has 0 saturated heterocycles. The van der Waals surface area contributed by atoms with Crippen molar-refractivity contribution in [3.8, 4) is 0 Å². The van der Waals surface area contributed by atoms with Gasteiger partial charge in [-0.15, -0.1) is 11.3 Å². The summed E-state index contributed by atoms with van der Waals surface area (Å²) in [7, 11) is 0. The first kappa shape index (κ1) is 14.4. The Morgan fingerprint density at radius 3 is 2.72 bits per heavy atom. The average molecular weight is 271 g/mol. The summed E-state index contributed by atoms with van der Waals surface area (Å²) in [4.78, 5) is 25.7. The van der Waals surface area contributed by atoms with Crippen LogP contribution in [0.25, 0.3) is 0 Å². The molecular weight excluding hydrogens is 254 g/mol. The topological polar surface area (TPSA) is 91.3 Å². The highest BCUT2D eigenvalue weighted by Gasteiger charge is 2.01. The van der Waals surface area contributed by atoms with Gasteiger partial charge in [-0.2, -0.15) is 0 Å². The molecule has 1 rings (SSSR count). The third-order valence-corrected chi connectivity index (χ3v) is 3.05. The van der Waals surface area contributed by atoms with Gasteiger partial charge in [-0.1, -0.05) is 0 Å². The van der Waals surface area contributed by atoms with Gasteiger partial charge in [-0.25, -0.2) is 9.78 Å². The molecule has 0 saturated carbocycles. The second-order valence-corrected chi connectivity index (χ2v) is 4.69. The van der Waals surface area contributed by atoms with Gasteiger partial charge in [0.25, 0.3) is 0 Å². The number of carboxylic acid groups (broad SMARTS) is 1. The smallest absolute Gasteiger partial charge is 0.314 e. The molecule has 3 N–H and O–H groups in total. The Morgan fingerprint density at radius 1 is 1.28 bits per heavy atom. The van der Waals surface area contributed by atoms with Gasteiger partial charge in [0.15, 0.2) is 0 Å². The van der Waals surface area contributed by atoms with Crippen molar-refractivity contribution in [3.05, 3.63) is 16.6 Å². The molecule has 7 heteroatoms. The molecule has 0 aliphatic rings. The van der Waals surface area contributed by atoms with Gasteiger partial charge in [0, 0.05) is 37.5 Å². The van der Waals surface area contributed by atoms with Crippen LogP contribution < -0.4 is 10.6 Å². The second kappa shape index (κ2) is 8.46. The number of carboxylic acids is 1. The van der Waals surface area contributed by atoms with Crippen molar-refractivity contribution in [2.45, 2.75) is 25.7 Å². The number of nitrogens with one attached hydrogen (secondary N) is 2. The molecule has 0 aliphatic heterocycles. The monoisotopic (exact) mass is 271 g/mol. The number of carbonyl (C=O) groups is 2. The van der Waals surface area contributed by atoms with Crippen LogP contribution in [0.3, 0.4) is 0 Å². The van der Waals surface area contributed by atoms with Gasteiger partial charge >= 0.3 is 12.0 Å². The number of hydrogen-bond donors (Lipinski definition) is 3. The molecule has 0 aromatic carbocycles. The molecule has 0 atom stereocenters. The maximum atomic E-state index is 11.3. The van der Waals surface area contributed by atoms with Crippen molar-refractivity contribution < 1.29 is 14.7 Å². The summed E-state index contributed by atoms with van der Waals surface area (Å²) in [5.41, 5.74) is 0. The van der Waals surface area contributed by atoms with E-state index in [1.54, 1.807) is 17.5 Å². The summed E-state index contributed by atoms with van der Waals surface area (Å²) in [6.45, 7) is 1.05. The molecule has 0 bridgehead atoms. The van der Waals surface area contributed by atoms with E-state index < -0.39 is 5.97 Å². The Kier molecular flexibility index (Phi) is 6.78. The number of amides is 2. The summed E-state index contributed by atoms with van der Waals surface area (Å²) in [5.74, 6) is -0.803. The Morgan fingerprint density at radius 2 is 2.06 bits per heavy atom. The molecule has 6 nitrogen and oxygen atoms in total. The van der Waals surface area contributed by atoms with Gasteiger partial charge in [0.05, 0.1) is 5.01 Å². The third-order valence-electron chi connectivity index (χ3n) is 2.21. The number of nitrogens with zero attached hydrogens (tertiary/aromatic N) is 1. The van der Waals surface area contributed by atoms with Crippen LogP contribution in [0.5, 0.6) is 0 Å². The van der Waals surface area contributed by atoms with E-state index in [2.05, 4.69) is 15.6 Å². The Labute approximate surface area is 109 Å². The Bertz CT molecular complexity index is 368. The van der Waals surface area contributed by atoms with Crippen LogP contribution in [0.2, 0.25) is 0 Å². The number of unbranched alkanes of at least 4 members (excludes halogenated alkanes) is 1. The molecule has 0 aliphatic carbocycles. The Balaban J connectivity index is 1.95. The first-order chi connectivity index (χ1) is 8.68. The molecule has 2 amide bonds. The van der Waals surface area contributed by atoms with Crippen molar-refractivity contribution in [2.75, 3.05) is 13.1 Å². The lowest BCUT2D eigenvalue weighted by molar-refractivity contribution is -0.137. The fourth-order valence-electron chi connectivity index (χ4n) is 1.33. The van der Waals surface area contributed by atoms with Gasteiger partial charge in [0.2, 0.25) is 0 Å². The lowest BCUT2D eigenvalue weighted by atomic mass is 10.2. The predicted molar refractivity (Wildman–Crippen MR) is 68.7 cm³/mol. The van der Waals surface area contributed by atoms with E-state index in [0.717, 1.165) is 11.4 Å². The van der Waals surface area contributed by atoms with E-state index in [4.69, 9.17) is 5.11 Å². The zero-order chi connectivity index (χ0) is 13.2. The number of aromatic nitrogens is 1. The van der Waals surface area contributed by atoms with Crippen molar-refractivity contribution in [1.82, 2.24) is 15.6 Å². The fraction of sp³-hybridized carbons (Fsp3) is 0.545. The maximum Gasteiger partial charge on any atom is 0.314 e. The summed E-state index contributed by atoms with van der Waals surface area (Å²) in [6.07, 6.45) is 3.86. The van der Waals surface area contributed by atoms with Crippen LogP contribution in [0.4, 0.5) is 4.79 Å². The van der Waals surface area contributed by atoms with Gasteiger partial charge < -0.3 is 15.7 Å². The van der Waals surface area contributed by atoms with Gasteiger partial charge in [-0.3, -0.25) is 4.79 Å². The molecule has 0 fully saturated rings. The Hall–Kier alpha value is -1.63. The normalized spacial score (nSPS) is 10.0. The summed E-state index contributed by atoms with van der Waals surface area (Å²) >= 11 is 1.56. The molecule has 100 valence electrons. The molecule has 0 radical (unpaired) electrons. The molecule has 1 aromatic heterocycles. The average Bonchev–Trinajstić information content (AvgIpc) is 2.81.